The second-order valence-corrected chi connectivity index (χ2v) is 7.96. The summed E-state index contributed by atoms with van der Waals surface area (Å²) >= 11 is 0. The standard InChI is InChI=1S/C18H16FN3O4S/c19-14-5-1-2-6-15(14)21-27(24,25)12-7-8-16-13(11-12)17(20-26-16)18(23)22-9-3-4-10-22/h1-2,5-8,11,21H,3-4,9-10H2. The molecule has 0 saturated carbocycles. The summed E-state index contributed by atoms with van der Waals surface area (Å²) in [5.74, 6) is -0.972. The fourth-order valence-electron chi connectivity index (χ4n) is 3.06. The van der Waals surface area contributed by atoms with Crippen molar-refractivity contribution in [2.75, 3.05) is 17.8 Å². The van der Waals surface area contributed by atoms with Crippen LogP contribution in [0.3, 0.4) is 0 Å². The van der Waals surface area contributed by atoms with E-state index < -0.39 is 15.8 Å². The number of carbonyl (C=O) groups excluding carboxylic acids is 1. The maximum Gasteiger partial charge on any atom is 0.276 e. The van der Waals surface area contributed by atoms with E-state index >= 15 is 0 Å². The number of amides is 1. The van der Waals surface area contributed by atoms with Gasteiger partial charge in [-0.15, -0.1) is 0 Å². The smallest absolute Gasteiger partial charge is 0.276 e. The van der Waals surface area contributed by atoms with Gasteiger partial charge in [-0.25, -0.2) is 12.8 Å². The van der Waals surface area contributed by atoms with Gasteiger partial charge in [-0.05, 0) is 43.2 Å². The minimum Gasteiger partial charge on any atom is -0.355 e. The van der Waals surface area contributed by atoms with E-state index in [0.29, 0.717) is 24.1 Å². The van der Waals surface area contributed by atoms with Crippen molar-refractivity contribution in [3.8, 4) is 0 Å². The van der Waals surface area contributed by atoms with Crippen LogP contribution in [-0.4, -0.2) is 37.5 Å². The van der Waals surface area contributed by atoms with Crippen molar-refractivity contribution in [3.05, 3.63) is 54.0 Å². The lowest BCUT2D eigenvalue weighted by molar-refractivity contribution is 0.0784. The van der Waals surface area contributed by atoms with Gasteiger partial charge >= 0.3 is 0 Å². The van der Waals surface area contributed by atoms with Crippen molar-refractivity contribution >= 4 is 32.6 Å². The Labute approximate surface area is 154 Å². The highest BCUT2D eigenvalue weighted by atomic mass is 32.2. The number of hydrogen-bond acceptors (Lipinski definition) is 5. The molecular weight excluding hydrogens is 373 g/mol. The number of halogens is 1. The number of nitrogens with one attached hydrogen (secondary N) is 1. The first-order valence-corrected chi connectivity index (χ1v) is 9.90. The number of rotatable bonds is 4. The summed E-state index contributed by atoms with van der Waals surface area (Å²) in [5, 5.41) is 4.13. The maximum atomic E-state index is 13.8. The van der Waals surface area contributed by atoms with Crippen molar-refractivity contribution < 1.29 is 22.1 Å². The summed E-state index contributed by atoms with van der Waals surface area (Å²) in [6.45, 7) is 1.28. The summed E-state index contributed by atoms with van der Waals surface area (Å²) in [4.78, 5) is 14.2. The van der Waals surface area contributed by atoms with E-state index in [0.717, 1.165) is 18.9 Å². The average molecular weight is 389 g/mol. The van der Waals surface area contributed by atoms with Crippen LogP contribution < -0.4 is 4.72 Å². The van der Waals surface area contributed by atoms with Crippen molar-refractivity contribution in [2.45, 2.75) is 17.7 Å². The first-order valence-electron chi connectivity index (χ1n) is 8.42. The first-order chi connectivity index (χ1) is 13.0. The molecule has 0 radical (unpaired) electrons. The minimum absolute atomic E-state index is 0.0786. The van der Waals surface area contributed by atoms with Gasteiger partial charge in [-0.2, -0.15) is 0 Å². The summed E-state index contributed by atoms with van der Waals surface area (Å²) in [6.07, 6.45) is 1.85. The molecule has 7 nitrogen and oxygen atoms in total. The number of nitrogens with zero attached hydrogens (tertiary/aromatic N) is 2. The average Bonchev–Trinajstić information content (AvgIpc) is 3.32. The number of sulfonamides is 1. The predicted molar refractivity (Wildman–Crippen MR) is 96.4 cm³/mol. The van der Waals surface area contributed by atoms with Gasteiger partial charge < -0.3 is 9.42 Å². The van der Waals surface area contributed by atoms with Crippen LogP contribution in [0.4, 0.5) is 10.1 Å². The van der Waals surface area contributed by atoms with Crippen LogP contribution in [0.25, 0.3) is 11.0 Å². The number of hydrogen-bond donors (Lipinski definition) is 1. The van der Waals surface area contributed by atoms with Gasteiger partial charge in [0.15, 0.2) is 11.3 Å². The number of likely N-dealkylation sites (tertiary alicyclic amines) is 1. The highest BCUT2D eigenvalue weighted by Gasteiger charge is 2.26. The number of carbonyl (C=O) groups is 1. The number of benzene rings is 2. The Hall–Kier alpha value is -2.94. The third kappa shape index (κ3) is 3.25. The van der Waals surface area contributed by atoms with Gasteiger partial charge in [0.2, 0.25) is 0 Å². The third-order valence-electron chi connectivity index (χ3n) is 4.47. The van der Waals surface area contributed by atoms with Crippen molar-refractivity contribution in [1.82, 2.24) is 10.1 Å². The molecule has 1 aromatic heterocycles. The van der Waals surface area contributed by atoms with Crippen molar-refractivity contribution in [3.63, 3.8) is 0 Å². The molecule has 0 atom stereocenters. The lowest BCUT2D eigenvalue weighted by Gasteiger charge is -2.13. The zero-order chi connectivity index (χ0) is 19.0. The first kappa shape index (κ1) is 17.5. The molecule has 0 bridgehead atoms. The zero-order valence-corrected chi connectivity index (χ0v) is 15.0. The lowest BCUT2D eigenvalue weighted by atomic mass is 10.2. The number of anilines is 1. The molecule has 2 heterocycles. The highest BCUT2D eigenvalue weighted by Crippen LogP contribution is 2.26. The van der Waals surface area contributed by atoms with Crippen LogP contribution in [0.2, 0.25) is 0 Å². The number of fused-ring (bicyclic) bond motifs is 1. The Kier molecular flexibility index (Phi) is 4.31. The van der Waals surface area contributed by atoms with Gasteiger partial charge in [0.05, 0.1) is 16.0 Å². The predicted octanol–water partition coefficient (Wildman–Crippen LogP) is 3.00. The summed E-state index contributed by atoms with van der Waals surface area (Å²) in [5.41, 5.74) is 0.230. The second-order valence-electron chi connectivity index (χ2n) is 6.27. The topological polar surface area (TPSA) is 92.5 Å². The van der Waals surface area contributed by atoms with Gasteiger partial charge in [-0.1, -0.05) is 17.3 Å². The Morgan fingerprint density at radius 1 is 1.15 bits per heavy atom. The molecule has 1 saturated heterocycles. The molecule has 1 amide bonds. The second kappa shape index (κ2) is 6.66. The largest absolute Gasteiger partial charge is 0.355 e. The van der Waals surface area contributed by atoms with Crippen LogP contribution >= 0.6 is 0 Å². The molecule has 1 aliphatic rings. The Bertz CT molecular complexity index is 1120. The van der Waals surface area contributed by atoms with E-state index in [2.05, 4.69) is 9.88 Å². The minimum atomic E-state index is -4.05. The zero-order valence-electron chi connectivity index (χ0n) is 14.2. The molecule has 2 aromatic carbocycles. The molecular formula is C18H16FN3O4S. The van der Waals surface area contributed by atoms with Gasteiger partial charge in [0.1, 0.15) is 5.82 Å². The lowest BCUT2D eigenvalue weighted by Crippen LogP contribution is -2.28. The van der Waals surface area contributed by atoms with E-state index in [1.54, 1.807) is 4.90 Å². The van der Waals surface area contributed by atoms with E-state index in [1.165, 1.54) is 36.4 Å². The highest BCUT2D eigenvalue weighted by molar-refractivity contribution is 7.92. The molecule has 1 N–H and O–H groups in total. The van der Waals surface area contributed by atoms with Crippen molar-refractivity contribution in [1.29, 1.82) is 0 Å². The monoisotopic (exact) mass is 389 g/mol. The SMILES string of the molecule is O=C(c1noc2ccc(S(=O)(=O)Nc3ccccc3F)cc12)N1CCCC1. The van der Waals surface area contributed by atoms with Crippen LogP contribution in [-0.2, 0) is 10.0 Å². The van der Waals surface area contributed by atoms with E-state index in [9.17, 15) is 17.6 Å². The third-order valence-corrected chi connectivity index (χ3v) is 5.83. The molecule has 9 heteroatoms. The van der Waals surface area contributed by atoms with Crippen molar-refractivity contribution in [2.24, 2.45) is 0 Å². The van der Waals surface area contributed by atoms with Gasteiger partial charge in [0.25, 0.3) is 15.9 Å². The number of aromatic nitrogens is 1. The van der Waals surface area contributed by atoms with Gasteiger partial charge in [0, 0.05) is 13.1 Å². The maximum absolute atomic E-state index is 13.8. The van der Waals surface area contributed by atoms with E-state index in [4.69, 9.17) is 4.52 Å². The molecule has 140 valence electrons. The molecule has 1 fully saturated rings. The van der Waals surface area contributed by atoms with Gasteiger partial charge in [-0.3, -0.25) is 9.52 Å². The van der Waals surface area contributed by atoms with Crippen LogP contribution in [0, 0.1) is 5.82 Å². The summed E-state index contributed by atoms with van der Waals surface area (Å²) in [6, 6.07) is 9.54. The summed E-state index contributed by atoms with van der Waals surface area (Å²) in [7, 11) is -4.05. The molecule has 0 aliphatic carbocycles. The van der Waals surface area contributed by atoms with Crippen LogP contribution in [0.5, 0.6) is 0 Å². The van der Waals surface area contributed by atoms with Crippen LogP contribution in [0.15, 0.2) is 51.9 Å². The fraction of sp³-hybridized carbons (Fsp3) is 0.222. The summed E-state index contributed by atoms with van der Waals surface area (Å²) < 4.78 is 46.4. The number of para-hydroxylation sites is 1. The molecule has 0 spiro atoms. The quantitative estimate of drug-likeness (QED) is 0.740. The Morgan fingerprint density at radius 3 is 2.63 bits per heavy atom. The normalized spacial score (nSPS) is 14.6. The Balaban J connectivity index is 1.71. The molecule has 0 unspecified atom stereocenters. The Morgan fingerprint density at radius 2 is 1.89 bits per heavy atom. The molecule has 1 aliphatic heterocycles. The molecule has 27 heavy (non-hydrogen) atoms. The van der Waals surface area contributed by atoms with E-state index in [1.807, 2.05) is 0 Å². The molecule has 3 aromatic rings. The molecule has 4 rings (SSSR count). The fourth-order valence-corrected chi connectivity index (χ4v) is 4.15. The van der Waals surface area contributed by atoms with E-state index in [-0.39, 0.29) is 22.2 Å². The van der Waals surface area contributed by atoms with Crippen LogP contribution in [0.1, 0.15) is 23.3 Å².